The Morgan fingerprint density at radius 2 is 1.74 bits per heavy atom. The number of hydrogen-bond acceptors (Lipinski definition) is 5. The first-order chi connectivity index (χ1) is 16.7. The van der Waals surface area contributed by atoms with Gasteiger partial charge in [0, 0.05) is 13.0 Å². The van der Waals surface area contributed by atoms with E-state index >= 15 is 0 Å². The van der Waals surface area contributed by atoms with Crippen LogP contribution < -0.4 is 14.5 Å². The molecule has 0 radical (unpaired) electrons. The number of fused-ring (bicyclic) bond motifs is 1. The van der Waals surface area contributed by atoms with Crippen LogP contribution in [0.15, 0.2) is 42.5 Å². The molecule has 0 unspecified atom stereocenters. The second kappa shape index (κ2) is 9.11. The number of rotatable bonds is 4. The molecule has 2 heterocycles. The van der Waals surface area contributed by atoms with Crippen molar-refractivity contribution < 1.29 is 23.9 Å². The van der Waals surface area contributed by atoms with Crippen molar-refractivity contribution in [1.82, 2.24) is 0 Å². The number of hydrogen-bond donors (Lipinski definition) is 0. The van der Waals surface area contributed by atoms with Gasteiger partial charge < -0.3 is 9.64 Å². The summed E-state index contributed by atoms with van der Waals surface area (Å²) < 4.78 is 5.58. The molecule has 0 bridgehead atoms. The molecule has 2 aromatic carbocycles. The molecule has 8 heteroatoms. The highest BCUT2D eigenvalue weighted by Crippen LogP contribution is 2.43. The molecule has 2 aliphatic heterocycles. The van der Waals surface area contributed by atoms with Crippen LogP contribution in [0.4, 0.5) is 11.4 Å². The fourth-order valence-corrected chi connectivity index (χ4v) is 5.78. The minimum Gasteiger partial charge on any atom is -0.426 e. The lowest BCUT2D eigenvalue weighted by atomic mass is 9.76. The fourth-order valence-electron chi connectivity index (χ4n) is 5.54. The molecule has 0 aromatic heterocycles. The van der Waals surface area contributed by atoms with Crippen molar-refractivity contribution in [2.24, 2.45) is 23.7 Å². The lowest BCUT2D eigenvalue weighted by Crippen LogP contribution is -2.31. The van der Waals surface area contributed by atoms with E-state index < -0.39 is 11.9 Å². The maximum absolute atomic E-state index is 13.1. The SMILES string of the molecule is Cc1cc(OC(=O)[C@@H]2CC(=O)N(c3ccccc3Cl)C2)ccc1N1C(=O)[C@H]2C[C@H](C)CC[C@H]2C1=O. The second-order valence-electron chi connectivity index (χ2n) is 9.87. The molecule has 0 spiro atoms. The number of anilines is 2. The van der Waals surface area contributed by atoms with Gasteiger partial charge in [-0.1, -0.05) is 30.7 Å². The van der Waals surface area contributed by atoms with Crippen molar-refractivity contribution in [3.63, 3.8) is 0 Å². The van der Waals surface area contributed by atoms with Crippen LogP contribution in [0.3, 0.4) is 0 Å². The zero-order valence-corrected chi connectivity index (χ0v) is 20.5. The van der Waals surface area contributed by atoms with Gasteiger partial charge in [0.25, 0.3) is 0 Å². The van der Waals surface area contributed by atoms with Crippen LogP contribution in [0, 0.1) is 30.6 Å². The number of esters is 1. The van der Waals surface area contributed by atoms with Crippen LogP contribution in [0.5, 0.6) is 5.75 Å². The van der Waals surface area contributed by atoms with E-state index in [0.717, 1.165) is 19.3 Å². The summed E-state index contributed by atoms with van der Waals surface area (Å²) in [6.45, 7) is 4.10. The Bertz CT molecular complexity index is 1230. The molecule has 4 atom stereocenters. The van der Waals surface area contributed by atoms with Crippen molar-refractivity contribution in [3.05, 3.63) is 53.1 Å². The summed E-state index contributed by atoms with van der Waals surface area (Å²) in [4.78, 5) is 54.2. The maximum atomic E-state index is 13.1. The molecule has 2 saturated heterocycles. The molecule has 1 aliphatic carbocycles. The minimum atomic E-state index is -0.620. The molecule has 0 N–H and O–H groups in total. The van der Waals surface area contributed by atoms with Gasteiger partial charge in [0.2, 0.25) is 17.7 Å². The smallest absolute Gasteiger partial charge is 0.316 e. The Morgan fingerprint density at radius 3 is 2.49 bits per heavy atom. The minimum absolute atomic E-state index is 0.0408. The molecule has 3 amide bonds. The Labute approximate surface area is 209 Å². The van der Waals surface area contributed by atoms with Gasteiger partial charge in [0.15, 0.2) is 0 Å². The number of aryl methyl sites for hydroxylation is 1. The predicted octanol–water partition coefficient (Wildman–Crippen LogP) is 4.53. The van der Waals surface area contributed by atoms with Crippen molar-refractivity contribution in [2.45, 2.75) is 39.5 Å². The Kier molecular flexibility index (Phi) is 6.13. The third-order valence-corrected chi connectivity index (χ3v) is 7.74. The van der Waals surface area contributed by atoms with Crippen molar-refractivity contribution in [2.75, 3.05) is 16.3 Å². The summed E-state index contributed by atoms with van der Waals surface area (Å²) in [7, 11) is 0. The zero-order chi connectivity index (χ0) is 24.9. The fraction of sp³-hybridized carbons (Fsp3) is 0.407. The molecule has 7 nitrogen and oxygen atoms in total. The lowest BCUT2D eigenvalue weighted by Gasteiger charge is -2.25. The lowest BCUT2D eigenvalue weighted by molar-refractivity contribution is -0.139. The first-order valence-electron chi connectivity index (χ1n) is 12.0. The standard InChI is InChI=1S/C27H27ClN2O5/c1-15-7-9-19-20(11-15)26(33)30(25(19)32)22-10-8-18(12-16(22)2)35-27(34)17-13-24(31)29(14-17)23-6-4-3-5-21(23)28/h3-6,8,10,12,15,17,19-20H,7,9,11,13-14H2,1-2H3/t15-,17-,19-,20+/m1/s1. The van der Waals surface area contributed by atoms with Gasteiger partial charge in [-0.3, -0.25) is 19.2 Å². The van der Waals surface area contributed by atoms with Gasteiger partial charge in [-0.2, -0.15) is 0 Å². The number of imide groups is 1. The van der Waals surface area contributed by atoms with Gasteiger partial charge >= 0.3 is 5.97 Å². The summed E-state index contributed by atoms with van der Waals surface area (Å²) in [5.74, 6) is -1.32. The molecule has 1 saturated carbocycles. The largest absolute Gasteiger partial charge is 0.426 e. The number of benzene rings is 2. The van der Waals surface area contributed by atoms with Crippen LogP contribution in [0.2, 0.25) is 5.02 Å². The number of carbonyl (C=O) groups is 4. The van der Waals surface area contributed by atoms with Gasteiger partial charge in [-0.05, 0) is 68.0 Å². The average Bonchev–Trinajstić information content (AvgIpc) is 3.32. The number of carbonyl (C=O) groups excluding carboxylic acids is 4. The van der Waals surface area contributed by atoms with Gasteiger partial charge in [0.05, 0.1) is 34.2 Å². The Balaban J connectivity index is 1.29. The third kappa shape index (κ3) is 4.22. The highest BCUT2D eigenvalue weighted by atomic mass is 35.5. The summed E-state index contributed by atoms with van der Waals surface area (Å²) in [5, 5.41) is 0.446. The molecular formula is C27H27ClN2O5. The monoisotopic (exact) mass is 494 g/mol. The van der Waals surface area contributed by atoms with Crippen LogP contribution in [-0.4, -0.2) is 30.2 Å². The van der Waals surface area contributed by atoms with E-state index in [1.54, 1.807) is 49.4 Å². The van der Waals surface area contributed by atoms with Gasteiger partial charge in [0.1, 0.15) is 5.75 Å². The molecule has 182 valence electrons. The highest BCUT2D eigenvalue weighted by molar-refractivity contribution is 6.34. The Morgan fingerprint density at radius 1 is 1.00 bits per heavy atom. The van der Waals surface area contributed by atoms with E-state index in [1.807, 2.05) is 0 Å². The summed E-state index contributed by atoms with van der Waals surface area (Å²) >= 11 is 6.22. The number of nitrogens with zero attached hydrogens (tertiary/aromatic N) is 2. The van der Waals surface area contributed by atoms with Crippen LogP contribution >= 0.6 is 11.6 Å². The number of para-hydroxylation sites is 1. The second-order valence-corrected chi connectivity index (χ2v) is 10.3. The normalized spacial score (nSPS) is 26.3. The first kappa shape index (κ1) is 23.5. The van der Waals surface area contributed by atoms with Crippen LogP contribution in [-0.2, 0) is 19.2 Å². The maximum Gasteiger partial charge on any atom is 0.316 e. The van der Waals surface area contributed by atoms with E-state index in [2.05, 4.69) is 6.92 Å². The van der Waals surface area contributed by atoms with Crippen LogP contribution in [0.25, 0.3) is 0 Å². The van der Waals surface area contributed by atoms with Gasteiger partial charge in [-0.15, -0.1) is 0 Å². The first-order valence-corrected chi connectivity index (χ1v) is 12.4. The molecule has 3 fully saturated rings. The quantitative estimate of drug-likeness (QED) is 0.354. The molecule has 3 aliphatic rings. The third-order valence-electron chi connectivity index (χ3n) is 7.42. The molecular weight excluding hydrogens is 468 g/mol. The number of ether oxygens (including phenoxy) is 1. The van der Waals surface area contributed by atoms with Crippen LogP contribution in [0.1, 0.15) is 38.2 Å². The highest BCUT2D eigenvalue weighted by Gasteiger charge is 2.50. The predicted molar refractivity (Wildman–Crippen MR) is 131 cm³/mol. The molecule has 35 heavy (non-hydrogen) atoms. The Hall–Kier alpha value is -3.19. The van der Waals surface area contributed by atoms with Gasteiger partial charge in [-0.25, -0.2) is 4.90 Å². The van der Waals surface area contributed by atoms with E-state index in [9.17, 15) is 19.2 Å². The number of amides is 3. The topological polar surface area (TPSA) is 84.0 Å². The zero-order valence-electron chi connectivity index (χ0n) is 19.7. The van der Waals surface area contributed by atoms with Crippen molar-refractivity contribution >= 4 is 46.7 Å². The average molecular weight is 495 g/mol. The summed E-state index contributed by atoms with van der Waals surface area (Å²) in [5.41, 5.74) is 1.77. The van der Waals surface area contributed by atoms with E-state index in [-0.39, 0.29) is 42.5 Å². The molecule has 5 rings (SSSR count). The molecule has 2 aromatic rings. The number of halogens is 1. The summed E-state index contributed by atoms with van der Waals surface area (Å²) in [6, 6.07) is 11.9. The summed E-state index contributed by atoms with van der Waals surface area (Å²) in [6.07, 6.45) is 2.48. The van der Waals surface area contributed by atoms with Crippen molar-refractivity contribution in [3.8, 4) is 5.75 Å². The van der Waals surface area contributed by atoms with E-state index in [0.29, 0.717) is 33.6 Å². The van der Waals surface area contributed by atoms with Crippen molar-refractivity contribution in [1.29, 1.82) is 0 Å². The van der Waals surface area contributed by atoms with E-state index in [4.69, 9.17) is 16.3 Å². The van der Waals surface area contributed by atoms with E-state index in [1.165, 1.54) is 9.80 Å².